The summed E-state index contributed by atoms with van der Waals surface area (Å²) in [5.41, 5.74) is 6.57. The Hall–Kier alpha value is -1.64. The zero-order valence-electron chi connectivity index (χ0n) is 13.2. The number of benzene rings is 2. The molecule has 2 fully saturated rings. The van der Waals surface area contributed by atoms with Crippen molar-refractivity contribution in [1.29, 1.82) is 0 Å². The van der Waals surface area contributed by atoms with Crippen LogP contribution >= 0.6 is 0 Å². The van der Waals surface area contributed by atoms with Crippen molar-refractivity contribution in [3.05, 3.63) is 71.8 Å². The third-order valence-electron chi connectivity index (χ3n) is 5.01. The van der Waals surface area contributed by atoms with E-state index in [0.717, 1.165) is 18.5 Å². The molecule has 0 radical (unpaired) electrons. The molecule has 2 unspecified atom stereocenters. The minimum atomic E-state index is 0.442. The topological polar surface area (TPSA) is 15.3 Å². The second-order valence-corrected chi connectivity index (χ2v) is 6.82. The van der Waals surface area contributed by atoms with Crippen molar-refractivity contribution in [3.8, 4) is 0 Å². The Bertz CT molecular complexity index is 567. The summed E-state index contributed by atoms with van der Waals surface area (Å²) in [4.78, 5) is 0. The monoisotopic (exact) mass is 292 g/mol. The lowest BCUT2D eigenvalue weighted by Gasteiger charge is -2.51. The fraction of sp³-hybridized carbons (Fsp3) is 0.400. The van der Waals surface area contributed by atoms with E-state index in [1.807, 2.05) is 0 Å². The lowest BCUT2D eigenvalue weighted by atomic mass is 9.75. The average molecular weight is 292 g/mol. The molecular formula is C20H24N2. The number of rotatable bonds is 5. The predicted octanol–water partition coefficient (Wildman–Crippen LogP) is 3.81. The molecule has 2 nitrogen and oxygen atoms in total. The molecule has 114 valence electrons. The summed E-state index contributed by atoms with van der Waals surface area (Å²) in [5, 5.41) is 2.49. The van der Waals surface area contributed by atoms with Crippen LogP contribution in [-0.4, -0.2) is 23.6 Å². The molecule has 0 bridgehead atoms. The number of nitrogens with zero attached hydrogens (tertiary/aromatic N) is 1. The Morgan fingerprint density at radius 1 is 0.909 bits per heavy atom. The normalized spacial score (nSPS) is 25.2. The summed E-state index contributed by atoms with van der Waals surface area (Å²) in [6, 6.07) is 23.2. The van der Waals surface area contributed by atoms with Crippen molar-refractivity contribution in [3.63, 3.8) is 0 Å². The van der Waals surface area contributed by atoms with Gasteiger partial charge in [-0.2, -0.15) is 0 Å². The highest BCUT2D eigenvalue weighted by Crippen LogP contribution is 2.40. The van der Waals surface area contributed by atoms with Gasteiger partial charge in [-0.3, -0.25) is 5.43 Å². The first-order valence-electron chi connectivity index (χ1n) is 8.45. The Morgan fingerprint density at radius 2 is 1.45 bits per heavy atom. The molecule has 2 aromatic rings. The van der Waals surface area contributed by atoms with Crippen LogP contribution < -0.4 is 5.43 Å². The maximum atomic E-state index is 3.72. The van der Waals surface area contributed by atoms with E-state index in [-0.39, 0.29) is 0 Å². The Morgan fingerprint density at radius 3 is 1.91 bits per heavy atom. The van der Waals surface area contributed by atoms with E-state index in [1.54, 1.807) is 0 Å². The van der Waals surface area contributed by atoms with Crippen molar-refractivity contribution >= 4 is 0 Å². The number of hydrazine groups is 1. The fourth-order valence-electron chi connectivity index (χ4n) is 3.71. The molecule has 0 aromatic heterocycles. The number of hydrogen-bond donors (Lipinski definition) is 1. The maximum absolute atomic E-state index is 3.72. The smallest absolute Gasteiger partial charge is 0.0391 e. The first kappa shape index (κ1) is 14.0. The molecule has 22 heavy (non-hydrogen) atoms. The van der Waals surface area contributed by atoms with Gasteiger partial charge in [0, 0.05) is 24.5 Å². The van der Waals surface area contributed by atoms with Crippen LogP contribution in [0, 0.1) is 5.92 Å². The Balaban J connectivity index is 1.67. The van der Waals surface area contributed by atoms with Crippen LogP contribution in [0.25, 0.3) is 0 Å². The molecule has 1 saturated carbocycles. The number of hydrogen-bond acceptors (Lipinski definition) is 2. The van der Waals surface area contributed by atoms with Gasteiger partial charge in [0.2, 0.25) is 0 Å². The second kappa shape index (κ2) is 5.86. The molecule has 1 aliphatic heterocycles. The fourth-order valence-corrected chi connectivity index (χ4v) is 3.71. The highest BCUT2D eigenvalue weighted by atomic mass is 15.6. The molecule has 2 heteroatoms. The van der Waals surface area contributed by atoms with Gasteiger partial charge in [0.15, 0.2) is 0 Å². The van der Waals surface area contributed by atoms with Crippen LogP contribution in [0.15, 0.2) is 60.7 Å². The van der Waals surface area contributed by atoms with Crippen molar-refractivity contribution < 1.29 is 0 Å². The molecule has 1 saturated heterocycles. The van der Waals surface area contributed by atoms with Gasteiger partial charge in [-0.25, -0.2) is 5.01 Å². The summed E-state index contributed by atoms with van der Waals surface area (Å²) in [6.07, 6.45) is 2.66. The molecule has 1 N–H and O–H groups in total. The lowest BCUT2D eigenvalue weighted by molar-refractivity contribution is -0.0342. The van der Waals surface area contributed by atoms with Crippen LogP contribution in [0.5, 0.6) is 0 Å². The van der Waals surface area contributed by atoms with Gasteiger partial charge in [-0.05, 0) is 29.9 Å². The first-order valence-corrected chi connectivity index (χ1v) is 8.45. The van der Waals surface area contributed by atoms with Crippen LogP contribution in [-0.2, 0) is 0 Å². The van der Waals surface area contributed by atoms with Crippen LogP contribution in [0.1, 0.15) is 36.8 Å². The van der Waals surface area contributed by atoms with E-state index in [0.29, 0.717) is 12.0 Å². The van der Waals surface area contributed by atoms with E-state index in [4.69, 9.17) is 0 Å². The summed E-state index contributed by atoms with van der Waals surface area (Å²) < 4.78 is 0. The molecule has 2 atom stereocenters. The van der Waals surface area contributed by atoms with Crippen molar-refractivity contribution in [2.45, 2.75) is 37.8 Å². The average Bonchev–Trinajstić information content (AvgIpc) is 3.38. The number of nitrogens with one attached hydrogen (secondary N) is 1. The second-order valence-electron chi connectivity index (χ2n) is 6.82. The molecule has 2 aliphatic rings. The SMILES string of the molecule is CC1CN(NC2CC2)C1C(c1ccccc1)c1ccccc1. The quantitative estimate of drug-likeness (QED) is 0.901. The third-order valence-corrected chi connectivity index (χ3v) is 5.01. The lowest BCUT2D eigenvalue weighted by Crippen LogP contribution is -2.63. The summed E-state index contributed by atoms with van der Waals surface area (Å²) >= 11 is 0. The van der Waals surface area contributed by atoms with Gasteiger partial charge < -0.3 is 0 Å². The van der Waals surface area contributed by atoms with Gasteiger partial charge in [-0.1, -0.05) is 67.6 Å². The van der Waals surface area contributed by atoms with E-state index >= 15 is 0 Å². The molecule has 0 amide bonds. The van der Waals surface area contributed by atoms with Crippen LogP contribution in [0.2, 0.25) is 0 Å². The minimum absolute atomic E-state index is 0.442. The summed E-state index contributed by atoms with van der Waals surface area (Å²) in [5.74, 6) is 1.16. The van der Waals surface area contributed by atoms with E-state index < -0.39 is 0 Å². The highest BCUT2D eigenvalue weighted by Gasteiger charge is 2.44. The van der Waals surface area contributed by atoms with Crippen molar-refractivity contribution in [1.82, 2.24) is 10.4 Å². The minimum Gasteiger partial charge on any atom is -0.252 e. The largest absolute Gasteiger partial charge is 0.252 e. The van der Waals surface area contributed by atoms with Gasteiger partial charge in [0.25, 0.3) is 0 Å². The predicted molar refractivity (Wildman–Crippen MR) is 90.5 cm³/mol. The first-order chi connectivity index (χ1) is 10.8. The summed E-state index contributed by atoms with van der Waals surface area (Å²) in [7, 11) is 0. The highest BCUT2D eigenvalue weighted by molar-refractivity contribution is 5.35. The van der Waals surface area contributed by atoms with Crippen molar-refractivity contribution in [2.24, 2.45) is 5.92 Å². The van der Waals surface area contributed by atoms with E-state index in [2.05, 4.69) is 78.0 Å². The van der Waals surface area contributed by atoms with Crippen LogP contribution in [0.4, 0.5) is 0 Å². The zero-order valence-corrected chi connectivity index (χ0v) is 13.2. The molecule has 1 heterocycles. The van der Waals surface area contributed by atoms with Gasteiger partial charge in [0.1, 0.15) is 0 Å². The standard InChI is InChI=1S/C20H24N2/c1-15-14-22(21-18-12-13-18)20(15)19(16-8-4-2-5-9-16)17-10-6-3-7-11-17/h2-11,15,18-21H,12-14H2,1H3. The molecule has 2 aromatic carbocycles. The van der Waals surface area contributed by atoms with Crippen molar-refractivity contribution in [2.75, 3.05) is 6.54 Å². The van der Waals surface area contributed by atoms with Gasteiger partial charge in [-0.15, -0.1) is 0 Å². The molecule has 1 aliphatic carbocycles. The van der Waals surface area contributed by atoms with E-state index in [1.165, 1.54) is 24.0 Å². The summed E-state index contributed by atoms with van der Waals surface area (Å²) in [6.45, 7) is 3.55. The molecule has 4 rings (SSSR count). The maximum Gasteiger partial charge on any atom is 0.0391 e. The Kier molecular flexibility index (Phi) is 3.73. The van der Waals surface area contributed by atoms with Crippen LogP contribution in [0.3, 0.4) is 0 Å². The van der Waals surface area contributed by atoms with Gasteiger partial charge in [0.05, 0.1) is 0 Å². The zero-order chi connectivity index (χ0) is 14.9. The molecular weight excluding hydrogens is 268 g/mol. The van der Waals surface area contributed by atoms with E-state index in [9.17, 15) is 0 Å². The molecule has 0 spiro atoms. The third kappa shape index (κ3) is 2.69. The van der Waals surface area contributed by atoms with Gasteiger partial charge >= 0.3 is 0 Å². The Labute approximate surface area is 133 Å².